The largest absolute Gasteiger partial charge is 0.395 e. The molecule has 0 spiro atoms. The number of hydrogen-bond acceptors (Lipinski definition) is 4. The first kappa shape index (κ1) is 14.6. The number of urea groups is 1. The van der Waals surface area contributed by atoms with Crippen molar-refractivity contribution >= 4 is 11.9 Å². The zero-order valence-corrected chi connectivity index (χ0v) is 9.53. The Balaban J connectivity index is 3.85. The van der Waals surface area contributed by atoms with Crippen molar-refractivity contribution in [3.63, 3.8) is 0 Å². The maximum atomic E-state index is 11.2. The van der Waals surface area contributed by atoms with Crippen molar-refractivity contribution < 1.29 is 14.7 Å². The van der Waals surface area contributed by atoms with Gasteiger partial charge in [-0.05, 0) is 0 Å². The van der Waals surface area contributed by atoms with Crippen LogP contribution in [0.3, 0.4) is 0 Å². The molecule has 0 atom stereocenters. The highest BCUT2D eigenvalue weighted by molar-refractivity contribution is 5.94. The fourth-order valence-corrected chi connectivity index (χ4v) is 1.13. The van der Waals surface area contributed by atoms with Crippen molar-refractivity contribution in [1.29, 1.82) is 0 Å². The van der Waals surface area contributed by atoms with Crippen LogP contribution >= 0.6 is 0 Å². The van der Waals surface area contributed by atoms with Gasteiger partial charge in [-0.3, -0.25) is 15.0 Å². The lowest BCUT2D eigenvalue weighted by atomic mass is 10.3. The zero-order valence-electron chi connectivity index (χ0n) is 9.53. The van der Waals surface area contributed by atoms with Crippen molar-refractivity contribution in [3.8, 4) is 0 Å². The molecule has 0 aliphatic rings. The summed E-state index contributed by atoms with van der Waals surface area (Å²) in [4.78, 5) is 23.9. The third kappa shape index (κ3) is 6.97. The molecule has 0 aliphatic carbocycles. The highest BCUT2D eigenvalue weighted by Gasteiger charge is 2.08. The van der Waals surface area contributed by atoms with Crippen LogP contribution in [0.25, 0.3) is 0 Å². The molecule has 16 heavy (non-hydrogen) atoms. The normalized spacial score (nSPS) is 9.94. The van der Waals surface area contributed by atoms with E-state index in [-0.39, 0.29) is 18.9 Å². The third-order valence-electron chi connectivity index (χ3n) is 1.94. The van der Waals surface area contributed by atoms with Gasteiger partial charge in [0.15, 0.2) is 0 Å². The number of aliphatic hydroxyl groups is 1. The molecule has 6 nitrogen and oxygen atoms in total. The maximum absolute atomic E-state index is 11.2. The van der Waals surface area contributed by atoms with E-state index in [1.807, 2.05) is 4.90 Å². The van der Waals surface area contributed by atoms with Gasteiger partial charge in [-0.1, -0.05) is 6.08 Å². The second kappa shape index (κ2) is 8.87. The molecule has 0 saturated heterocycles. The average Bonchev–Trinajstić information content (AvgIpc) is 2.26. The minimum Gasteiger partial charge on any atom is -0.395 e. The molecule has 92 valence electrons. The number of nitrogens with zero attached hydrogens (tertiary/aromatic N) is 1. The van der Waals surface area contributed by atoms with Gasteiger partial charge in [0.25, 0.3) is 0 Å². The molecule has 6 heteroatoms. The Labute approximate surface area is 95.3 Å². The Bertz CT molecular complexity index is 243. The molecule has 0 aromatic carbocycles. The molecule has 3 N–H and O–H groups in total. The summed E-state index contributed by atoms with van der Waals surface area (Å²) in [6.45, 7) is 5.19. The summed E-state index contributed by atoms with van der Waals surface area (Å²) in [5, 5.41) is 13.2. The Morgan fingerprint density at radius 1 is 1.44 bits per heavy atom. The van der Waals surface area contributed by atoms with Gasteiger partial charge < -0.3 is 10.4 Å². The number of nitrogens with one attached hydrogen (secondary N) is 2. The van der Waals surface area contributed by atoms with Crippen LogP contribution < -0.4 is 10.6 Å². The molecule has 0 radical (unpaired) electrons. The second-order valence-electron chi connectivity index (χ2n) is 3.19. The summed E-state index contributed by atoms with van der Waals surface area (Å²) in [6.07, 6.45) is 1.91. The van der Waals surface area contributed by atoms with Crippen LogP contribution in [0.1, 0.15) is 6.42 Å². The van der Waals surface area contributed by atoms with Gasteiger partial charge in [0.05, 0.1) is 6.61 Å². The van der Waals surface area contributed by atoms with Gasteiger partial charge in [-0.2, -0.15) is 0 Å². The standard InChI is InChI=1S/C10H19N3O3/c1-3-5-13(7-8-14)6-4-9(15)12-10(16)11-2/h3,14H,1,4-8H2,2H3,(H2,11,12,15,16). The van der Waals surface area contributed by atoms with E-state index < -0.39 is 6.03 Å². The van der Waals surface area contributed by atoms with E-state index in [1.54, 1.807) is 6.08 Å². The monoisotopic (exact) mass is 229 g/mol. The van der Waals surface area contributed by atoms with E-state index in [1.165, 1.54) is 7.05 Å². The Morgan fingerprint density at radius 2 is 2.12 bits per heavy atom. The first-order valence-corrected chi connectivity index (χ1v) is 5.09. The van der Waals surface area contributed by atoms with Crippen LogP contribution in [0.2, 0.25) is 0 Å². The van der Waals surface area contributed by atoms with Crippen molar-refractivity contribution in [1.82, 2.24) is 15.5 Å². The highest BCUT2D eigenvalue weighted by atomic mass is 16.3. The third-order valence-corrected chi connectivity index (χ3v) is 1.94. The zero-order chi connectivity index (χ0) is 12.4. The number of hydrogen-bond donors (Lipinski definition) is 3. The first-order valence-electron chi connectivity index (χ1n) is 5.09. The molecule has 0 rings (SSSR count). The summed E-state index contributed by atoms with van der Waals surface area (Å²) >= 11 is 0. The molecule has 0 fully saturated rings. The van der Waals surface area contributed by atoms with Crippen molar-refractivity contribution in [2.24, 2.45) is 0 Å². The number of carbonyl (C=O) groups excluding carboxylic acids is 2. The van der Waals surface area contributed by atoms with Crippen LogP contribution in [0.5, 0.6) is 0 Å². The average molecular weight is 229 g/mol. The molecular formula is C10H19N3O3. The summed E-state index contributed by atoms with van der Waals surface area (Å²) in [5.74, 6) is -0.341. The molecule has 0 heterocycles. The molecule has 0 aliphatic heterocycles. The van der Waals surface area contributed by atoms with E-state index in [0.717, 1.165) is 0 Å². The van der Waals surface area contributed by atoms with E-state index in [2.05, 4.69) is 17.2 Å². The predicted octanol–water partition coefficient (Wildman–Crippen LogP) is -0.688. The smallest absolute Gasteiger partial charge is 0.321 e. The molecule has 0 aromatic heterocycles. The Kier molecular flexibility index (Phi) is 8.10. The topological polar surface area (TPSA) is 81.7 Å². The fraction of sp³-hybridized carbons (Fsp3) is 0.600. The van der Waals surface area contributed by atoms with Gasteiger partial charge in [0.2, 0.25) is 5.91 Å². The van der Waals surface area contributed by atoms with Crippen LogP contribution in [-0.2, 0) is 4.79 Å². The number of rotatable bonds is 7. The van der Waals surface area contributed by atoms with Gasteiger partial charge in [0.1, 0.15) is 0 Å². The fourth-order valence-electron chi connectivity index (χ4n) is 1.13. The highest BCUT2D eigenvalue weighted by Crippen LogP contribution is 1.91. The lowest BCUT2D eigenvalue weighted by molar-refractivity contribution is -0.120. The van der Waals surface area contributed by atoms with E-state index in [9.17, 15) is 9.59 Å². The lowest BCUT2D eigenvalue weighted by Gasteiger charge is -2.18. The molecule has 0 saturated carbocycles. The summed E-state index contributed by atoms with van der Waals surface area (Å²) in [5.41, 5.74) is 0. The first-order chi connectivity index (χ1) is 7.63. The molecule has 3 amide bonds. The van der Waals surface area contributed by atoms with Crippen molar-refractivity contribution in [2.75, 3.05) is 33.3 Å². The Morgan fingerprint density at radius 3 is 2.62 bits per heavy atom. The van der Waals surface area contributed by atoms with Gasteiger partial charge in [0, 0.05) is 33.1 Å². The number of amides is 3. The van der Waals surface area contributed by atoms with Crippen molar-refractivity contribution in [2.45, 2.75) is 6.42 Å². The molecule has 0 unspecified atom stereocenters. The van der Waals surface area contributed by atoms with Crippen LogP contribution in [0.15, 0.2) is 12.7 Å². The van der Waals surface area contributed by atoms with Gasteiger partial charge >= 0.3 is 6.03 Å². The summed E-state index contributed by atoms with van der Waals surface area (Å²) in [7, 11) is 1.44. The molecular weight excluding hydrogens is 210 g/mol. The van der Waals surface area contributed by atoms with Crippen molar-refractivity contribution in [3.05, 3.63) is 12.7 Å². The van der Waals surface area contributed by atoms with E-state index >= 15 is 0 Å². The molecule has 0 aromatic rings. The summed E-state index contributed by atoms with van der Waals surface area (Å²) < 4.78 is 0. The number of imide groups is 1. The van der Waals surface area contributed by atoms with Crippen LogP contribution in [0, 0.1) is 0 Å². The van der Waals surface area contributed by atoms with Crippen LogP contribution in [-0.4, -0.2) is 55.2 Å². The van der Waals surface area contributed by atoms with Gasteiger partial charge in [-0.15, -0.1) is 6.58 Å². The lowest BCUT2D eigenvalue weighted by Crippen LogP contribution is -2.39. The predicted molar refractivity (Wildman–Crippen MR) is 60.9 cm³/mol. The SMILES string of the molecule is C=CCN(CCO)CCC(=O)NC(=O)NC. The second-order valence-corrected chi connectivity index (χ2v) is 3.19. The van der Waals surface area contributed by atoms with Crippen LogP contribution in [0.4, 0.5) is 4.79 Å². The summed E-state index contributed by atoms with van der Waals surface area (Å²) in [6, 6.07) is -0.512. The van der Waals surface area contributed by atoms with E-state index in [0.29, 0.717) is 19.6 Å². The van der Waals surface area contributed by atoms with Gasteiger partial charge in [-0.25, -0.2) is 4.79 Å². The molecule has 0 bridgehead atoms. The maximum Gasteiger partial charge on any atom is 0.321 e. The quantitative estimate of drug-likeness (QED) is 0.505. The van der Waals surface area contributed by atoms with E-state index in [4.69, 9.17) is 5.11 Å². The minimum absolute atomic E-state index is 0.0326. The number of carbonyl (C=O) groups is 2. The minimum atomic E-state index is -0.512. The Hall–Kier alpha value is -1.40. The number of aliphatic hydroxyl groups excluding tert-OH is 1.